The first kappa shape index (κ1) is 9.48. The summed E-state index contributed by atoms with van der Waals surface area (Å²) in [5, 5.41) is 10.2. The molecule has 0 radical (unpaired) electrons. The quantitative estimate of drug-likeness (QED) is 0.735. The first-order chi connectivity index (χ1) is 6.63. The van der Waals surface area contributed by atoms with E-state index in [1.807, 2.05) is 0 Å². The standard InChI is InChI=1S/C9H8BrFN2O/c10-8-6(11)2-7-5(9(8)14)1-4(3-12)13-7/h1-2,13-14H,3,12H2. The summed E-state index contributed by atoms with van der Waals surface area (Å²) in [5.41, 5.74) is 6.72. The molecule has 14 heavy (non-hydrogen) atoms. The second-order valence-corrected chi connectivity index (χ2v) is 3.77. The third-order valence-electron chi connectivity index (χ3n) is 2.07. The number of hydrogen-bond acceptors (Lipinski definition) is 2. The number of aromatic amines is 1. The zero-order valence-electron chi connectivity index (χ0n) is 7.14. The smallest absolute Gasteiger partial charge is 0.143 e. The van der Waals surface area contributed by atoms with Crippen LogP contribution in [-0.2, 0) is 6.54 Å². The minimum absolute atomic E-state index is 0.0765. The van der Waals surface area contributed by atoms with Crippen LogP contribution in [0.4, 0.5) is 4.39 Å². The molecule has 0 aliphatic carbocycles. The molecule has 3 nitrogen and oxygen atoms in total. The SMILES string of the molecule is NCc1cc2c(O)c(Br)c(F)cc2[nH]1. The van der Waals surface area contributed by atoms with Gasteiger partial charge in [-0.05, 0) is 28.1 Å². The molecule has 0 saturated carbocycles. The molecule has 0 unspecified atom stereocenters. The van der Waals surface area contributed by atoms with E-state index >= 15 is 0 Å². The van der Waals surface area contributed by atoms with Gasteiger partial charge < -0.3 is 15.8 Å². The lowest BCUT2D eigenvalue weighted by Crippen LogP contribution is -1.94. The number of H-pyrrole nitrogens is 1. The number of phenols is 1. The molecule has 0 aliphatic rings. The van der Waals surface area contributed by atoms with Crippen molar-refractivity contribution < 1.29 is 9.50 Å². The summed E-state index contributed by atoms with van der Waals surface area (Å²) in [6.07, 6.45) is 0. The molecule has 2 rings (SSSR count). The Morgan fingerprint density at radius 3 is 2.86 bits per heavy atom. The van der Waals surface area contributed by atoms with Crippen LogP contribution in [0.1, 0.15) is 5.69 Å². The van der Waals surface area contributed by atoms with Crippen molar-refractivity contribution in [1.29, 1.82) is 0 Å². The Bertz CT molecular complexity index is 495. The van der Waals surface area contributed by atoms with E-state index in [2.05, 4.69) is 20.9 Å². The molecule has 0 saturated heterocycles. The zero-order valence-corrected chi connectivity index (χ0v) is 8.73. The molecule has 4 N–H and O–H groups in total. The summed E-state index contributed by atoms with van der Waals surface area (Å²) in [7, 11) is 0. The van der Waals surface area contributed by atoms with Crippen LogP contribution in [0, 0.1) is 5.82 Å². The molecule has 0 fully saturated rings. The molecular formula is C9H8BrFN2O. The Morgan fingerprint density at radius 1 is 1.50 bits per heavy atom. The molecule has 0 spiro atoms. The number of hydrogen-bond donors (Lipinski definition) is 3. The first-order valence-corrected chi connectivity index (χ1v) is 4.81. The van der Waals surface area contributed by atoms with Gasteiger partial charge in [0, 0.05) is 17.6 Å². The molecule has 1 aromatic carbocycles. The van der Waals surface area contributed by atoms with E-state index in [0.29, 0.717) is 17.4 Å². The van der Waals surface area contributed by atoms with Crippen LogP contribution in [0.25, 0.3) is 10.9 Å². The van der Waals surface area contributed by atoms with Crippen LogP contribution in [0.2, 0.25) is 0 Å². The van der Waals surface area contributed by atoms with Crippen LogP contribution >= 0.6 is 15.9 Å². The van der Waals surface area contributed by atoms with Crippen molar-refractivity contribution in [3.8, 4) is 5.75 Å². The maximum Gasteiger partial charge on any atom is 0.143 e. The molecule has 0 aliphatic heterocycles. The Hall–Kier alpha value is -1.07. The van der Waals surface area contributed by atoms with E-state index in [-0.39, 0.29) is 10.2 Å². The predicted molar refractivity (Wildman–Crippen MR) is 55.5 cm³/mol. The van der Waals surface area contributed by atoms with E-state index in [0.717, 1.165) is 5.69 Å². The monoisotopic (exact) mass is 258 g/mol. The van der Waals surface area contributed by atoms with Gasteiger partial charge >= 0.3 is 0 Å². The summed E-state index contributed by atoms with van der Waals surface area (Å²) in [6.45, 7) is 0.327. The highest BCUT2D eigenvalue weighted by molar-refractivity contribution is 9.10. The highest BCUT2D eigenvalue weighted by atomic mass is 79.9. The van der Waals surface area contributed by atoms with Crippen molar-refractivity contribution in [2.24, 2.45) is 5.73 Å². The van der Waals surface area contributed by atoms with E-state index < -0.39 is 5.82 Å². The van der Waals surface area contributed by atoms with Gasteiger partial charge in [0.2, 0.25) is 0 Å². The maximum atomic E-state index is 13.2. The Labute approximate surface area is 87.9 Å². The summed E-state index contributed by atoms with van der Waals surface area (Å²) in [4.78, 5) is 2.91. The number of aromatic nitrogens is 1. The molecule has 1 aromatic heterocycles. The van der Waals surface area contributed by atoms with E-state index in [4.69, 9.17) is 5.73 Å². The Morgan fingerprint density at radius 2 is 2.21 bits per heavy atom. The lowest BCUT2D eigenvalue weighted by Gasteiger charge is -1.99. The maximum absolute atomic E-state index is 13.2. The van der Waals surface area contributed by atoms with Crippen LogP contribution in [0.3, 0.4) is 0 Å². The molecule has 0 bridgehead atoms. The second kappa shape index (κ2) is 3.25. The van der Waals surface area contributed by atoms with Crippen molar-refractivity contribution in [2.75, 3.05) is 0 Å². The van der Waals surface area contributed by atoms with E-state index in [1.54, 1.807) is 6.07 Å². The number of fused-ring (bicyclic) bond motifs is 1. The van der Waals surface area contributed by atoms with Gasteiger partial charge in [0.05, 0.1) is 9.99 Å². The van der Waals surface area contributed by atoms with Crippen molar-refractivity contribution in [3.63, 3.8) is 0 Å². The van der Waals surface area contributed by atoms with Gasteiger partial charge in [-0.3, -0.25) is 0 Å². The van der Waals surface area contributed by atoms with Gasteiger partial charge in [0.25, 0.3) is 0 Å². The fourth-order valence-corrected chi connectivity index (χ4v) is 1.70. The molecule has 2 aromatic rings. The minimum Gasteiger partial charge on any atom is -0.506 e. The van der Waals surface area contributed by atoms with Crippen molar-refractivity contribution in [2.45, 2.75) is 6.54 Å². The number of aromatic hydroxyl groups is 1. The van der Waals surface area contributed by atoms with Gasteiger partial charge in [-0.25, -0.2) is 4.39 Å². The van der Waals surface area contributed by atoms with Gasteiger partial charge in [-0.1, -0.05) is 0 Å². The number of halogens is 2. The predicted octanol–water partition coefficient (Wildman–Crippen LogP) is 2.23. The topological polar surface area (TPSA) is 62.0 Å². The van der Waals surface area contributed by atoms with Crippen molar-refractivity contribution in [1.82, 2.24) is 4.98 Å². The summed E-state index contributed by atoms with van der Waals surface area (Å²) >= 11 is 2.96. The van der Waals surface area contributed by atoms with E-state index in [9.17, 15) is 9.50 Å². The third-order valence-corrected chi connectivity index (χ3v) is 2.82. The van der Waals surface area contributed by atoms with Gasteiger partial charge in [0.1, 0.15) is 11.6 Å². The summed E-state index contributed by atoms with van der Waals surface area (Å²) < 4.78 is 13.2. The molecule has 0 atom stereocenters. The highest BCUT2D eigenvalue weighted by Crippen LogP contribution is 2.35. The second-order valence-electron chi connectivity index (χ2n) is 2.98. The molecule has 0 amide bonds. The average molecular weight is 259 g/mol. The minimum atomic E-state index is -0.500. The lowest BCUT2D eigenvalue weighted by atomic mass is 10.2. The van der Waals surface area contributed by atoms with Crippen LogP contribution in [0.15, 0.2) is 16.6 Å². The largest absolute Gasteiger partial charge is 0.506 e. The van der Waals surface area contributed by atoms with Crippen molar-refractivity contribution >= 4 is 26.8 Å². The average Bonchev–Trinajstić information content (AvgIpc) is 2.57. The number of nitrogens with two attached hydrogens (primary N) is 1. The van der Waals surface area contributed by atoms with Crippen LogP contribution < -0.4 is 5.73 Å². The molecule has 74 valence electrons. The van der Waals surface area contributed by atoms with Gasteiger partial charge in [-0.2, -0.15) is 0 Å². The van der Waals surface area contributed by atoms with Crippen molar-refractivity contribution in [3.05, 3.63) is 28.1 Å². The normalized spacial score (nSPS) is 11.1. The number of phenolic OH excluding ortho intramolecular Hbond substituents is 1. The first-order valence-electron chi connectivity index (χ1n) is 4.02. The lowest BCUT2D eigenvalue weighted by molar-refractivity contribution is 0.471. The van der Waals surface area contributed by atoms with Crippen LogP contribution in [-0.4, -0.2) is 10.1 Å². The number of rotatable bonds is 1. The number of nitrogens with one attached hydrogen (secondary N) is 1. The fourth-order valence-electron chi connectivity index (χ4n) is 1.37. The molecule has 1 heterocycles. The summed E-state index contributed by atoms with van der Waals surface area (Å²) in [6, 6.07) is 3.02. The molecule has 5 heteroatoms. The van der Waals surface area contributed by atoms with Crippen LogP contribution in [0.5, 0.6) is 5.75 Å². The van der Waals surface area contributed by atoms with Gasteiger partial charge in [0.15, 0.2) is 0 Å². The van der Waals surface area contributed by atoms with Gasteiger partial charge in [-0.15, -0.1) is 0 Å². The van der Waals surface area contributed by atoms with E-state index in [1.165, 1.54) is 6.07 Å². The Kier molecular flexibility index (Phi) is 2.20. The zero-order chi connectivity index (χ0) is 10.3. The molecular weight excluding hydrogens is 251 g/mol. The fraction of sp³-hybridized carbons (Fsp3) is 0.111. The number of benzene rings is 1. The summed E-state index contributed by atoms with van der Waals surface area (Å²) in [5.74, 6) is -0.601. The highest BCUT2D eigenvalue weighted by Gasteiger charge is 2.12. The Balaban J connectivity index is 2.81. The third kappa shape index (κ3) is 1.29.